The summed E-state index contributed by atoms with van der Waals surface area (Å²) in [5.74, 6) is 1.32. The van der Waals surface area contributed by atoms with Gasteiger partial charge in [-0.15, -0.1) is 0 Å². The van der Waals surface area contributed by atoms with Crippen molar-refractivity contribution in [1.82, 2.24) is 0 Å². The molecule has 12 heavy (non-hydrogen) atoms. The minimum absolute atomic E-state index is 0.0266. The summed E-state index contributed by atoms with van der Waals surface area (Å²) in [6.45, 7) is 5.30. The molecule has 0 aromatic rings. The summed E-state index contributed by atoms with van der Waals surface area (Å²) >= 11 is 0. The van der Waals surface area contributed by atoms with E-state index < -0.39 is 0 Å². The fourth-order valence-electron chi connectivity index (χ4n) is 2.25. The molecule has 2 fully saturated rings. The van der Waals surface area contributed by atoms with Crippen LogP contribution in [0, 0.1) is 11.8 Å². The average Bonchev–Trinajstić information content (AvgIpc) is 2.76. The molecule has 2 N–H and O–H groups in total. The van der Waals surface area contributed by atoms with Crippen LogP contribution in [-0.4, -0.2) is 18.2 Å². The zero-order valence-corrected chi connectivity index (χ0v) is 8.05. The van der Waals surface area contributed by atoms with Crippen LogP contribution in [0.1, 0.15) is 33.1 Å². The lowest BCUT2D eigenvalue weighted by atomic mass is 9.79. The van der Waals surface area contributed by atoms with Crippen LogP contribution < -0.4 is 5.73 Å². The lowest BCUT2D eigenvalue weighted by Crippen LogP contribution is -2.52. The number of ether oxygens (including phenoxy) is 1. The lowest BCUT2D eigenvalue weighted by molar-refractivity contribution is 0.0488. The molecule has 0 spiro atoms. The molecule has 70 valence electrons. The third kappa shape index (κ3) is 1.17. The van der Waals surface area contributed by atoms with Crippen LogP contribution in [0.3, 0.4) is 0 Å². The summed E-state index contributed by atoms with van der Waals surface area (Å²) in [7, 11) is 0. The van der Waals surface area contributed by atoms with E-state index in [9.17, 15) is 0 Å². The molecule has 2 rings (SSSR count). The number of hydrogen-bond acceptors (Lipinski definition) is 2. The van der Waals surface area contributed by atoms with Gasteiger partial charge in [0, 0.05) is 12.1 Å². The smallest absolute Gasteiger partial charge is 0.0785 e. The van der Waals surface area contributed by atoms with Gasteiger partial charge in [0.2, 0.25) is 0 Å². The minimum Gasteiger partial charge on any atom is -0.376 e. The first kappa shape index (κ1) is 8.52. The standard InChI is InChI=1S/C10H19NO/c1-7(2)10(11)5-6-12-9(10)8-3-4-8/h7-9H,3-6,11H2,1-2H3. The Morgan fingerprint density at radius 2 is 2.08 bits per heavy atom. The van der Waals surface area contributed by atoms with Crippen LogP contribution in [0.4, 0.5) is 0 Å². The minimum atomic E-state index is -0.0266. The zero-order valence-electron chi connectivity index (χ0n) is 8.05. The van der Waals surface area contributed by atoms with E-state index in [1.807, 2.05) is 0 Å². The van der Waals surface area contributed by atoms with Crippen LogP contribution in [0.2, 0.25) is 0 Å². The van der Waals surface area contributed by atoms with Crippen molar-refractivity contribution in [3.8, 4) is 0 Å². The van der Waals surface area contributed by atoms with Crippen molar-refractivity contribution in [2.75, 3.05) is 6.61 Å². The molecule has 2 nitrogen and oxygen atoms in total. The highest BCUT2D eigenvalue weighted by molar-refractivity contribution is 5.04. The highest BCUT2D eigenvalue weighted by Crippen LogP contribution is 2.44. The van der Waals surface area contributed by atoms with Crippen LogP contribution in [0.5, 0.6) is 0 Å². The van der Waals surface area contributed by atoms with Crippen molar-refractivity contribution in [3.05, 3.63) is 0 Å². The van der Waals surface area contributed by atoms with Crippen LogP contribution >= 0.6 is 0 Å². The Hall–Kier alpha value is -0.0800. The van der Waals surface area contributed by atoms with Crippen molar-refractivity contribution in [1.29, 1.82) is 0 Å². The Kier molecular flexibility index (Phi) is 1.92. The zero-order chi connectivity index (χ0) is 8.77. The van der Waals surface area contributed by atoms with E-state index in [1.54, 1.807) is 0 Å². The molecule has 1 saturated heterocycles. The van der Waals surface area contributed by atoms with E-state index in [1.165, 1.54) is 12.8 Å². The molecule has 1 aliphatic heterocycles. The molecule has 1 saturated carbocycles. The average molecular weight is 169 g/mol. The predicted molar refractivity (Wildman–Crippen MR) is 48.8 cm³/mol. The Morgan fingerprint density at radius 1 is 1.42 bits per heavy atom. The maximum Gasteiger partial charge on any atom is 0.0785 e. The molecular formula is C10H19NO. The second kappa shape index (κ2) is 2.71. The molecule has 2 heteroatoms. The molecule has 0 amide bonds. The quantitative estimate of drug-likeness (QED) is 0.680. The van der Waals surface area contributed by atoms with Crippen molar-refractivity contribution < 1.29 is 4.74 Å². The van der Waals surface area contributed by atoms with Gasteiger partial charge in [0.1, 0.15) is 0 Å². The van der Waals surface area contributed by atoms with E-state index in [2.05, 4.69) is 13.8 Å². The lowest BCUT2D eigenvalue weighted by Gasteiger charge is -2.34. The molecular weight excluding hydrogens is 150 g/mol. The monoisotopic (exact) mass is 169 g/mol. The molecule has 0 bridgehead atoms. The molecule has 2 atom stereocenters. The maximum absolute atomic E-state index is 6.36. The Labute approximate surface area is 74.5 Å². The highest BCUT2D eigenvalue weighted by Gasteiger charge is 2.50. The van der Waals surface area contributed by atoms with Gasteiger partial charge in [0.25, 0.3) is 0 Å². The fraction of sp³-hybridized carbons (Fsp3) is 1.00. The van der Waals surface area contributed by atoms with Gasteiger partial charge in [-0.1, -0.05) is 13.8 Å². The fourth-order valence-corrected chi connectivity index (χ4v) is 2.25. The summed E-state index contributed by atoms with van der Waals surface area (Å²) in [5.41, 5.74) is 6.34. The van der Waals surface area contributed by atoms with Crippen LogP contribution in [0.25, 0.3) is 0 Å². The summed E-state index contributed by atoms with van der Waals surface area (Å²) in [5, 5.41) is 0. The first-order valence-corrected chi connectivity index (χ1v) is 5.05. The van der Waals surface area contributed by atoms with Gasteiger partial charge in [-0.05, 0) is 31.1 Å². The largest absolute Gasteiger partial charge is 0.376 e. The predicted octanol–water partition coefficient (Wildman–Crippen LogP) is 1.54. The van der Waals surface area contributed by atoms with E-state index in [4.69, 9.17) is 10.5 Å². The third-order valence-corrected chi connectivity index (χ3v) is 3.49. The Bertz CT molecular complexity index is 177. The highest BCUT2D eigenvalue weighted by atomic mass is 16.5. The SMILES string of the molecule is CC(C)C1(N)CCOC1C1CC1. The summed E-state index contributed by atoms with van der Waals surface area (Å²) < 4.78 is 5.73. The van der Waals surface area contributed by atoms with Crippen molar-refractivity contribution >= 4 is 0 Å². The van der Waals surface area contributed by atoms with Gasteiger partial charge in [-0.3, -0.25) is 0 Å². The van der Waals surface area contributed by atoms with Crippen molar-refractivity contribution in [3.63, 3.8) is 0 Å². The first-order chi connectivity index (χ1) is 5.64. The Morgan fingerprint density at radius 3 is 2.58 bits per heavy atom. The van der Waals surface area contributed by atoms with Crippen LogP contribution in [-0.2, 0) is 4.74 Å². The van der Waals surface area contributed by atoms with E-state index in [-0.39, 0.29) is 5.54 Å². The maximum atomic E-state index is 6.36. The second-order valence-electron chi connectivity index (χ2n) is 4.65. The van der Waals surface area contributed by atoms with E-state index in [0.717, 1.165) is 18.9 Å². The molecule has 0 aromatic carbocycles. The summed E-state index contributed by atoms with van der Waals surface area (Å²) in [4.78, 5) is 0. The van der Waals surface area contributed by atoms with Gasteiger partial charge >= 0.3 is 0 Å². The summed E-state index contributed by atoms with van der Waals surface area (Å²) in [6, 6.07) is 0. The molecule has 1 aliphatic carbocycles. The number of hydrogen-bond donors (Lipinski definition) is 1. The number of nitrogens with two attached hydrogens (primary N) is 1. The van der Waals surface area contributed by atoms with Crippen molar-refractivity contribution in [2.45, 2.75) is 44.8 Å². The molecule has 2 unspecified atom stereocenters. The Balaban J connectivity index is 2.10. The topological polar surface area (TPSA) is 35.2 Å². The molecule has 0 radical (unpaired) electrons. The molecule has 1 heterocycles. The summed E-state index contributed by atoms with van der Waals surface area (Å²) in [6.07, 6.45) is 4.07. The molecule has 0 aromatic heterocycles. The first-order valence-electron chi connectivity index (χ1n) is 5.05. The third-order valence-electron chi connectivity index (χ3n) is 3.49. The number of rotatable bonds is 2. The van der Waals surface area contributed by atoms with Crippen LogP contribution in [0.15, 0.2) is 0 Å². The van der Waals surface area contributed by atoms with Crippen molar-refractivity contribution in [2.24, 2.45) is 17.6 Å². The van der Waals surface area contributed by atoms with Gasteiger partial charge in [0.15, 0.2) is 0 Å². The second-order valence-corrected chi connectivity index (χ2v) is 4.65. The molecule has 2 aliphatic rings. The normalized spacial score (nSPS) is 42.5. The van der Waals surface area contributed by atoms with Gasteiger partial charge in [-0.2, -0.15) is 0 Å². The van der Waals surface area contributed by atoms with E-state index >= 15 is 0 Å². The van der Waals surface area contributed by atoms with Gasteiger partial charge in [0.05, 0.1) is 6.10 Å². The van der Waals surface area contributed by atoms with Gasteiger partial charge < -0.3 is 10.5 Å². The van der Waals surface area contributed by atoms with Gasteiger partial charge in [-0.25, -0.2) is 0 Å². The van der Waals surface area contributed by atoms with E-state index in [0.29, 0.717) is 12.0 Å².